The van der Waals surface area contributed by atoms with E-state index in [0.717, 1.165) is 5.56 Å². The monoisotopic (exact) mass is 176 g/mol. The van der Waals surface area contributed by atoms with Gasteiger partial charge >= 0.3 is 0 Å². The Morgan fingerprint density at radius 3 is 2.46 bits per heavy atom. The lowest BCUT2D eigenvalue weighted by molar-refractivity contribution is -0.479. The van der Waals surface area contributed by atoms with Crippen molar-refractivity contribution < 1.29 is 4.92 Å². The summed E-state index contributed by atoms with van der Waals surface area (Å²) in [6, 6.07) is 8.79. The van der Waals surface area contributed by atoms with Gasteiger partial charge in [-0.25, -0.2) is 0 Å². The van der Waals surface area contributed by atoms with Gasteiger partial charge < -0.3 is 0 Å². The molecule has 66 valence electrons. The highest BCUT2D eigenvalue weighted by molar-refractivity contribution is 5.31. The van der Waals surface area contributed by atoms with Gasteiger partial charge in [0.15, 0.2) is 0 Å². The van der Waals surface area contributed by atoms with Gasteiger partial charge in [0.2, 0.25) is 6.54 Å². The fourth-order valence-electron chi connectivity index (χ4n) is 0.966. The number of rotatable bonds is 3. The summed E-state index contributed by atoms with van der Waals surface area (Å²) in [5.74, 6) is 0. The number of nitriles is 1. The lowest BCUT2D eigenvalue weighted by Crippen LogP contribution is -2.03. The zero-order valence-corrected chi connectivity index (χ0v) is 6.93. The standard InChI is InChI=1S/C9H8N2O2/c10-7-9-3-1-8(2-4-9)5-6-11(12)13/h1-4H,5-6H2. The highest BCUT2D eigenvalue weighted by atomic mass is 16.6. The fourth-order valence-corrected chi connectivity index (χ4v) is 0.966. The highest BCUT2D eigenvalue weighted by Crippen LogP contribution is 2.03. The van der Waals surface area contributed by atoms with Crippen molar-refractivity contribution in [2.45, 2.75) is 6.42 Å². The first kappa shape index (κ1) is 9.20. The summed E-state index contributed by atoms with van der Waals surface area (Å²) in [6.45, 7) is -0.0636. The molecule has 0 heterocycles. The highest BCUT2D eigenvalue weighted by Gasteiger charge is 1.99. The van der Waals surface area contributed by atoms with Gasteiger partial charge in [-0.15, -0.1) is 0 Å². The third-order valence-electron chi connectivity index (χ3n) is 1.67. The van der Waals surface area contributed by atoms with Crippen LogP contribution in [0.25, 0.3) is 0 Å². The van der Waals surface area contributed by atoms with Crippen LogP contribution >= 0.6 is 0 Å². The van der Waals surface area contributed by atoms with Crippen LogP contribution in [0.5, 0.6) is 0 Å². The molecule has 1 aromatic carbocycles. The Balaban J connectivity index is 2.60. The molecule has 0 saturated heterocycles. The van der Waals surface area contributed by atoms with Crippen LogP contribution < -0.4 is 0 Å². The Kier molecular flexibility index (Phi) is 2.98. The SMILES string of the molecule is N#Cc1ccc(CC[N+](=O)[O-])cc1. The minimum atomic E-state index is -0.349. The Hall–Kier alpha value is -1.89. The van der Waals surface area contributed by atoms with E-state index in [4.69, 9.17) is 5.26 Å². The van der Waals surface area contributed by atoms with Crippen molar-refractivity contribution in [3.8, 4) is 6.07 Å². The van der Waals surface area contributed by atoms with E-state index in [1.807, 2.05) is 6.07 Å². The molecule has 0 bridgehead atoms. The molecule has 0 N–H and O–H groups in total. The van der Waals surface area contributed by atoms with Crippen LogP contribution in [0.2, 0.25) is 0 Å². The lowest BCUT2D eigenvalue weighted by Gasteiger charge is -1.96. The van der Waals surface area contributed by atoms with Gasteiger partial charge in [0.25, 0.3) is 0 Å². The average molecular weight is 176 g/mol. The van der Waals surface area contributed by atoms with Gasteiger partial charge in [-0.3, -0.25) is 10.1 Å². The van der Waals surface area contributed by atoms with E-state index in [-0.39, 0.29) is 11.5 Å². The van der Waals surface area contributed by atoms with Crippen molar-refractivity contribution in [3.05, 3.63) is 45.5 Å². The van der Waals surface area contributed by atoms with Crippen LogP contribution in [0.1, 0.15) is 11.1 Å². The average Bonchev–Trinajstić information content (AvgIpc) is 2.15. The fraction of sp³-hybridized carbons (Fsp3) is 0.222. The molecule has 0 aromatic heterocycles. The van der Waals surface area contributed by atoms with Crippen LogP contribution in [-0.2, 0) is 6.42 Å². The molecule has 0 fully saturated rings. The van der Waals surface area contributed by atoms with Crippen molar-refractivity contribution >= 4 is 0 Å². The van der Waals surface area contributed by atoms with Crippen LogP contribution in [0, 0.1) is 21.4 Å². The second kappa shape index (κ2) is 4.21. The van der Waals surface area contributed by atoms with Gasteiger partial charge in [-0.1, -0.05) is 12.1 Å². The molecule has 4 heteroatoms. The largest absolute Gasteiger partial charge is 0.265 e. The Bertz CT molecular complexity index is 338. The number of nitro groups is 1. The molecule has 0 spiro atoms. The predicted octanol–water partition coefficient (Wildman–Crippen LogP) is 1.38. The van der Waals surface area contributed by atoms with Gasteiger partial charge in [-0.05, 0) is 17.7 Å². The first-order chi connectivity index (χ1) is 6.22. The zero-order valence-electron chi connectivity index (χ0n) is 6.93. The molecule has 1 aromatic rings. The number of hydrogen-bond donors (Lipinski definition) is 0. The second-order valence-electron chi connectivity index (χ2n) is 2.62. The summed E-state index contributed by atoms with van der Waals surface area (Å²) in [6.07, 6.45) is 0.415. The molecule has 0 aliphatic rings. The maximum atomic E-state index is 10.0. The summed E-state index contributed by atoms with van der Waals surface area (Å²) >= 11 is 0. The normalized spacial score (nSPS) is 9.15. The van der Waals surface area contributed by atoms with E-state index in [9.17, 15) is 10.1 Å². The quantitative estimate of drug-likeness (QED) is 0.516. The molecule has 0 aliphatic heterocycles. The van der Waals surface area contributed by atoms with Crippen molar-refractivity contribution in [1.29, 1.82) is 5.26 Å². The predicted molar refractivity (Wildman–Crippen MR) is 46.7 cm³/mol. The molecule has 0 atom stereocenters. The van der Waals surface area contributed by atoms with E-state index < -0.39 is 0 Å². The van der Waals surface area contributed by atoms with Crippen molar-refractivity contribution in [3.63, 3.8) is 0 Å². The molecule has 0 amide bonds. The van der Waals surface area contributed by atoms with E-state index in [0.29, 0.717) is 12.0 Å². The molecule has 4 nitrogen and oxygen atoms in total. The van der Waals surface area contributed by atoms with E-state index in [2.05, 4.69) is 0 Å². The topological polar surface area (TPSA) is 66.9 Å². The van der Waals surface area contributed by atoms with Crippen molar-refractivity contribution in [2.24, 2.45) is 0 Å². The summed E-state index contributed by atoms with van der Waals surface area (Å²) in [5, 5.41) is 18.5. The van der Waals surface area contributed by atoms with Crippen molar-refractivity contribution in [2.75, 3.05) is 6.54 Å². The summed E-state index contributed by atoms with van der Waals surface area (Å²) in [5.41, 5.74) is 1.46. The Labute approximate surface area is 75.6 Å². The molecule has 13 heavy (non-hydrogen) atoms. The van der Waals surface area contributed by atoms with E-state index >= 15 is 0 Å². The lowest BCUT2D eigenvalue weighted by atomic mass is 10.1. The van der Waals surface area contributed by atoms with Crippen LogP contribution in [0.4, 0.5) is 0 Å². The molecule has 0 saturated carbocycles. The third-order valence-corrected chi connectivity index (χ3v) is 1.67. The number of hydrogen-bond acceptors (Lipinski definition) is 3. The zero-order chi connectivity index (χ0) is 9.68. The van der Waals surface area contributed by atoms with Crippen molar-refractivity contribution in [1.82, 2.24) is 0 Å². The first-order valence-corrected chi connectivity index (χ1v) is 3.83. The van der Waals surface area contributed by atoms with Gasteiger partial charge in [0, 0.05) is 11.3 Å². The molecular formula is C9H8N2O2. The minimum Gasteiger partial charge on any atom is -0.265 e. The van der Waals surface area contributed by atoms with Gasteiger partial charge in [-0.2, -0.15) is 5.26 Å². The van der Waals surface area contributed by atoms with E-state index in [1.165, 1.54) is 0 Å². The smallest absolute Gasteiger partial charge is 0.207 e. The van der Waals surface area contributed by atoms with Gasteiger partial charge in [0.05, 0.1) is 11.6 Å². The summed E-state index contributed by atoms with van der Waals surface area (Å²) in [4.78, 5) is 9.70. The summed E-state index contributed by atoms with van der Waals surface area (Å²) in [7, 11) is 0. The third kappa shape index (κ3) is 2.91. The maximum absolute atomic E-state index is 10.0. The van der Waals surface area contributed by atoms with Crippen LogP contribution in [0.3, 0.4) is 0 Å². The Morgan fingerprint density at radius 2 is 2.00 bits per heavy atom. The van der Waals surface area contributed by atoms with Gasteiger partial charge in [0.1, 0.15) is 0 Å². The van der Waals surface area contributed by atoms with Crippen LogP contribution in [0.15, 0.2) is 24.3 Å². The number of nitrogens with zero attached hydrogens (tertiary/aromatic N) is 2. The molecule has 0 radical (unpaired) electrons. The maximum Gasteiger partial charge on any atom is 0.207 e. The Morgan fingerprint density at radius 1 is 1.38 bits per heavy atom. The first-order valence-electron chi connectivity index (χ1n) is 3.83. The molecule has 0 unspecified atom stereocenters. The number of benzene rings is 1. The second-order valence-corrected chi connectivity index (χ2v) is 2.62. The molecular weight excluding hydrogens is 168 g/mol. The van der Waals surface area contributed by atoms with Crippen LogP contribution in [-0.4, -0.2) is 11.5 Å². The summed E-state index contributed by atoms with van der Waals surface area (Å²) < 4.78 is 0. The molecule has 1 rings (SSSR count). The van der Waals surface area contributed by atoms with E-state index in [1.54, 1.807) is 24.3 Å². The molecule has 0 aliphatic carbocycles. The minimum absolute atomic E-state index is 0.0636.